The van der Waals surface area contributed by atoms with Crippen molar-refractivity contribution < 1.29 is 9.18 Å². The molecule has 0 radical (unpaired) electrons. The first-order valence-electron chi connectivity index (χ1n) is 12.4. The number of rotatable bonds is 11. The monoisotopic (exact) mass is 435 g/mol. The molecular weight excluding hydrogens is 397 g/mol. The van der Waals surface area contributed by atoms with Crippen LogP contribution >= 0.6 is 0 Å². The van der Waals surface area contributed by atoms with Gasteiger partial charge in [0, 0.05) is 12.1 Å². The number of halogens is 1. The molecule has 0 spiro atoms. The van der Waals surface area contributed by atoms with E-state index in [0.717, 1.165) is 29.9 Å². The Morgan fingerprint density at radius 1 is 1.06 bits per heavy atom. The second kappa shape index (κ2) is 12.6. The molecule has 1 N–H and O–H groups in total. The molecule has 1 fully saturated rings. The van der Waals surface area contributed by atoms with Crippen molar-refractivity contribution in [1.29, 1.82) is 0 Å². The Morgan fingerprint density at radius 3 is 2.47 bits per heavy atom. The van der Waals surface area contributed by atoms with Gasteiger partial charge in [-0.1, -0.05) is 75.6 Å². The van der Waals surface area contributed by atoms with Gasteiger partial charge in [0.1, 0.15) is 5.82 Å². The van der Waals surface area contributed by atoms with Crippen molar-refractivity contribution in [2.45, 2.75) is 77.0 Å². The third-order valence-corrected chi connectivity index (χ3v) is 6.92. The molecule has 3 heteroatoms. The summed E-state index contributed by atoms with van der Waals surface area (Å²) < 4.78 is 14.8. The van der Waals surface area contributed by atoms with Gasteiger partial charge in [-0.05, 0) is 79.2 Å². The maximum atomic E-state index is 14.8. The van der Waals surface area contributed by atoms with E-state index in [2.05, 4.69) is 43.1 Å². The summed E-state index contributed by atoms with van der Waals surface area (Å²) in [6.07, 6.45) is 13.5. The minimum Gasteiger partial charge on any atom is -0.353 e. The van der Waals surface area contributed by atoms with Crippen LogP contribution in [0, 0.1) is 11.7 Å². The number of carbonyl (C=O) groups excluding carboxylic acids is 1. The molecule has 0 atom stereocenters. The molecule has 0 aliphatic heterocycles. The minimum atomic E-state index is -0.182. The average Bonchev–Trinajstić information content (AvgIpc) is 2.82. The second-order valence-corrected chi connectivity index (χ2v) is 9.25. The molecule has 2 aromatic carbocycles. The van der Waals surface area contributed by atoms with Gasteiger partial charge in [-0.2, -0.15) is 0 Å². The highest BCUT2D eigenvalue weighted by Crippen LogP contribution is 2.38. The van der Waals surface area contributed by atoms with E-state index in [1.54, 1.807) is 6.07 Å². The van der Waals surface area contributed by atoms with Crippen molar-refractivity contribution in [3.05, 3.63) is 72.1 Å². The molecule has 0 aromatic heterocycles. The van der Waals surface area contributed by atoms with Gasteiger partial charge in [-0.25, -0.2) is 4.39 Å². The number of aryl methyl sites for hydroxylation is 1. The standard InChI is InChI=1S/C29H38FNO/c1-3-5-6-8-22-10-13-24(14-11-22)25-15-17-26(18-16-25)27-19-12-23(21-28(27)30)9-7-20-31-29(32)4-2/h4,12,15-19,21-22,24H,2-3,5-11,13-14,20H2,1H3,(H,31,32). The Balaban J connectivity index is 1.52. The van der Waals surface area contributed by atoms with Crippen LogP contribution in [0.3, 0.4) is 0 Å². The summed E-state index contributed by atoms with van der Waals surface area (Å²) in [5, 5.41) is 2.75. The van der Waals surface area contributed by atoms with Crippen LogP contribution < -0.4 is 5.32 Å². The van der Waals surface area contributed by atoms with Gasteiger partial charge in [-0.3, -0.25) is 4.79 Å². The van der Waals surface area contributed by atoms with Crippen molar-refractivity contribution in [2.75, 3.05) is 6.54 Å². The zero-order valence-electron chi connectivity index (χ0n) is 19.5. The maximum Gasteiger partial charge on any atom is 0.243 e. The molecule has 1 aliphatic carbocycles. The topological polar surface area (TPSA) is 29.1 Å². The van der Waals surface area contributed by atoms with Crippen molar-refractivity contribution in [3.63, 3.8) is 0 Å². The first-order valence-corrected chi connectivity index (χ1v) is 12.4. The molecule has 32 heavy (non-hydrogen) atoms. The lowest BCUT2D eigenvalue weighted by Crippen LogP contribution is -2.22. The Morgan fingerprint density at radius 2 is 1.81 bits per heavy atom. The first kappa shape index (κ1) is 24.2. The van der Waals surface area contributed by atoms with Gasteiger partial charge < -0.3 is 5.32 Å². The molecule has 3 rings (SSSR count). The van der Waals surface area contributed by atoms with Gasteiger partial charge >= 0.3 is 0 Å². The predicted octanol–water partition coefficient (Wildman–Crippen LogP) is 7.58. The van der Waals surface area contributed by atoms with Gasteiger partial charge in [0.05, 0.1) is 0 Å². The Bertz CT molecular complexity index is 865. The second-order valence-electron chi connectivity index (χ2n) is 9.25. The van der Waals surface area contributed by atoms with E-state index in [0.29, 0.717) is 18.0 Å². The van der Waals surface area contributed by atoms with Gasteiger partial charge in [-0.15, -0.1) is 0 Å². The fourth-order valence-corrected chi connectivity index (χ4v) is 4.93. The Hall–Kier alpha value is -2.42. The normalized spacial score (nSPS) is 18.3. The Labute approximate surface area is 193 Å². The molecule has 1 saturated carbocycles. The number of carbonyl (C=O) groups is 1. The number of hydrogen-bond acceptors (Lipinski definition) is 1. The van der Waals surface area contributed by atoms with Gasteiger partial charge in [0.25, 0.3) is 0 Å². The molecule has 0 heterocycles. The number of nitrogens with one attached hydrogen (secondary N) is 1. The minimum absolute atomic E-state index is 0.171. The Kier molecular flexibility index (Phi) is 9.52. The number of amides is 1. The van der Waals surface area contributed by atoms with E-state index in [1.165, 1.54) is 63.0 Å². The van der Waals surface area contributed by atoms with E-state index in [9.17, 15) is 9.18 Å². The smallest absolute Gasteiger partial charge is 0.243 e. The molecule has 0 unspecified atom stereocenters. The van der Waals surface area contributed by atoms with E-state index in [4.69, 9.17) is 0 Å². The zero-order chi connectivity index (χ0) is 22.8. The predicted molar refractivity (Wildman–Crippen MR) is 132 cm³/mol. The summed E-state index contributed by atoms with van der Waals surface area (Å²) in [5.74, 6) is 1.22. The molecule has 0 saturated heterocycles. The number of benzene rings is 2. The summed E-state index contributed by atoms with van der Waals surface area (Å²) in [5.41, 5.74) is 3.94. The first-order chi connectivity index (χ1) is 15.6. The number of unbranched alkanes of at least 4 members (excludes halogenated alkanes) is 2. The van der Waals surface area contributed by atoms with Crippen LogP contribution in [0.1, 0.15) is 81.8 Å². The quantitative estimate of drug-likeness (QED) is 0.286. The molecular formula is C29H38FNO. The van der Waals surface area contributed by atoms with E-state index in [1.807, 2.05) is 12.1 Å². The lowest BCUT2D eigenvalue weighted by atomic mass is 9.77. The van der Waals surface area contributed by atoms with Crippen LogP contribution in [0.5, 0.6) is 0 Å². The zero-order valence-corrected chi connectivity index (χ0v) is 19.5. The van der Waals surface area contributed by atoms with Crippen LogP contribution in [0.2, 0.25) is 0 Å². The van der Waals surface area contributed by atoms with Gasteiger partial charge in [0.15, 0.2) is 0 Å². The fourth-order valence-electron chi connectivity index (χ4n) is 4.93. The van der Waals surface area contributed by atoms with E-state index >= 15 is 0 Å². The highest BCUT2D eigenvalue weighted by atomic mass is 19.1. The third-order valence-electron chi connectivity index (χ3n) is 6.92. The SMILES string of the molecule is C=CC(=O)NCCCc1ccc(-c2ccc(C3CCC(CCCCC)CC3)cc2)c(F)c1. The van der Waals surface area contributed by atoms with Gasteiger partial charge in [0.2, 0.25) is 5.91 Å². The molecule has 2 aromatic rings. The fraction of sp³-hybridized carbons (Fsp3) is 0.483. The summed E-state index contributed by atoms with van der Waals surface area (Å²) in [7, 11) is 0. The highest BCUT2D eigenvalue weighted by molar-refractivity contribution is 5.86. The van der Waals surface area contributed by atoms with Crippen LogP contribution in [0.25, 0.3) is 11.1 Å². The van der Waals surface area contributed by atoms with Crippen LogP contribution in [-0.2, 0) is 11.2 Å². The van der Waals surface area contributed by atoms with Crippen LogP contribution in [0.15, 0.2) is 55.1 Å². The maximum absolute atomic E-state index is 14.8. The molecule has 1 amide bonds. The van der Waals surface area contributed by atoms with Crippen LogP contribution in [0.4, 0.5) is 4.39 Å². The molecule has 2 nitrogen and oxygen atoms in total. The number of hydrogen-bond donors (Lipinski definition) is 1. The lowest BCUT2D eigenvalue weighted by Gasteiger charge is -2.29. The third kappa shape index (κ3) is 7.05. The molecule has 0 bridgehead atoms. The van der Waals surface area contributed by atoms with Crippen molar-refractivity contribution >= 4 is 5.91 Å². The average molecular weight is 436 g/mol. The summed E-state index contributed by atoms with van der Waals surface area (Å²) in [4.78, 5) is 11.2. The summed E-state index contributed by atoms with van der Waals surface area (Å²) in [6, 6.07) is 14.0. The van der Waals surface area contributed by atoms with Crippen molar-refractivity contribution in [2.24, 2.45) is 5.92 Å². The van der Waals surface area contributed by atoms with E-state index in [-0.39, 0.29) is 11.7 Å². The highest BCUT2D eigenvalue weighted by Gasteiger charge is 2.22. The van der Waals surface area contributed by atoms with Crippen molar-refractivity contribution in [1.82, 2.24) is 5.32 Å². The van der Waals surface area contributed by atoms with Crippen LogP contribution in [-0.4, -0.2) is 12.5 Å². The van der Waals surface area contributed by atoms with Crippen molar-refractivity contribution in [3.8, 4) is 11.1 Å². The lowest BCUT2D eigenvalue weighted by molar-refractivity contribution is -0.116. The largest absolute Gasteiger partial charge is 0.353 e. The van der Waals surface area contributed by atoms with E-state index < -0.39 is 0 Å². The summed E-state index contributed by atoms with van der Waals surface area (Å²) >= 11 is 0. The molecule has 172 valence electrons. The molecule has 1 aliphatic rings. The summed E-state index contributed by atoms with van der Waals surface area (Å²) in [6.45, 7) is 6.27.